The summed E-state index contributed by atoms with van der Waals surface area (Å²) in [4.78, 5) is 21.9. The number of nitrogens with zero attached hydrogens (tertiary/aromatic N) is 4. The second kappa shape index (κ2) is 6.82. The number of carbonyl (C=O) groups is 1. The highest BCUT2D eigenvalue weighted by molar-refractivity contribution is 6.03. The molecule has 1 aromatic heterocycles. The van der Waals surface area contributed by atoms with Crippen LogP contribution in [0.5, 0.6) is 0 Å². The van der Waals surface area contributed by atoms with E-state index < -0.39 is 5.41 Å². The van der Waals surface area contributed by atoms with E-state index in [0.29, 0.717) is 6.42 Å². The van der Waals surface area contributed by atoms with E-state index in [0.717, 1.165) is 27.9 Å². The van der Waals surface area contributed by atoms with Crippen molar-refractivity contribution < 1.29 is 4.79 Å². The zero-order valence-corrected chi connectivity index (χ0v) is 16.7. The Bertz CT molecular complexity index is 1060. The molecule has 0 fully saturated rings. The van der Waals surface area contributed by atoms with Gasteiger partial charge < -0.3 is 0 Å². The van der Waals surface area contributed by atoms with Gasteiger partial charge in [-0.2, -0.15) is 5.10 Å². The van der Waals surface area contributed by atoms with Crippen molar-refractivity contribution in [3.05, 3.63) is 71.5 Å². The highest BCUT2D eigenvalue weighted by Crippen LogP contribution is 2.36. The van der Waals surface area contributed by atoms with E-state index in [-0.39, 0.29) is 11.9 Å². The summed E-state index contributed by atoms with van der Waals surface area (Å²) >= 11 is 0. The average molecular weight is 372 g/mol. The molecular formula is C23H24N4O. The molecule has 1 aliphatic rings. The molecule has 3 aromatic rings. The van der Waals surface area contributed by atoms with Crippen molar-refractivity contribution in [1.82, 2.24) is 15.0 Å². The first kappa shape index (κ1) is 18.3. The second-order valence-electron chi connectivity index (χ2n) is 8.34. The predicted molar refractivity (Wildman–Crippen MR) is 111 cm³/mol. The molecule has 0 saturated carbocycles. The zero-order valence-electron chi connectivity index (χ0n) is 16.7. The third-order valence-corrected chi connectivity index (χ3v) is 5.02. The van der Waals surface area contributed by atoms with Crippen LogP contribution in [-0.2, 0) is 4.79 Å². The van der Waals surface area contributed by atoms with Gasteiger partial charge in [0.25, 0.3) is 0 Å². The van der Waals surface area contributed by atoms with E-state index in [1.54, 1.807) is 17.4 Å². The minimum absolute atomic E-state index is 0.0128. The van der Waals surface area contributed by atoms with Gasteiger partial charge >= 0.3 is 0 Å². The van der Waals surface area contributed by atoms with Gasteiger partial charge in [-0.25, -0.2) is 5.01 Å². The molecular weight excluding hydrogens is 348 g/mol. The summed E-state index contributed by atoms with van der Waals surface area (Å²) in [5.41, 5.74) is 5.37. The van der Waals surface area contributed by atoms with Crippen molar-refractivity contribution >= 4 is 22.7 Å². The summed E-state index contributed by atoms with van der Waals surface area (Å²) in [5.74, 6) is 0.0128. The van der Waals surface area contributed by atoms with Crippen LogP contribution < -0.4 is 0 Å². The third-order valence-electron chi connectivity index (χ3n) is 5.02. The number of hydrogen-bond acceptors (Lipinski definition) is 4. The maximum absolute atomic E-state index is 13.1. The Morgan fingerprint density at radius 3 is 2.36 bits per heavy atom. The second-order valence-corrected chi connectivity index (χ2v) is 8.34. The quantitative estimate of drug-likeness (QED) is 0.657. The molecule has 0 radical (unpaired) electrons. The van der Waals surface area contributed by atoms with E-state index in [4.69, 9.17) is 5.10 Å². The molecule has 28 heavy (non-hydrogen) atoms. The van der Waals surface area contributed by atoms with E-state index >= 15 is 0 Å². The smallest absolute Gasteiger partial charge is 0.248 e. The fourth-order valence-corrected chi connectivity index (χ4v) is 3.41. The van der Waals surface area contributed by atoms with Crippen molar-refractivity contribution in [1.29, 1.82) is 0 Å². The summed E-state index contributed by atoms with van der Waals surface area (Å²) in [7, 11) is 0. The molecule has 0 aliphatic carbocycles. The topological polar surface area (TPSA) is 58.5 Å². The number of benzene rings is 2. The van der Waals surface area contributed by atoms with E-state index in [1.807, 2.05) is 39.0 Å². The Hall–Kier alpha value is -3.08. The van der Waals surface area contributed by atoms with Crippen molar-refractivity contribution in [2.24, 2.45) is 10.5 Å². The Labute approximate surface area is 165 Å². The molecule has 142 valence electrons. The lowest BCUT2D eigenvalue weighted by Crippen LogP contribution is -2.36. The molecule has 1 amide bonds. The minimum atomic E-state index is -0.513. The van der Waals surface area contributed by atoms with Gasteiger partial charge in [-0.15, -0.1) is 0 Å². The van der Waals surface area contributed by atoms with Crippen LogP contribution in [0.3, 0.4) is 0 Å². The highest BCUT2D eigenvalue weighted by atomic mass is 16.2. The fourth-order valence-electron chi connectivity index (χ4n) is 3.41. The van der Waals surface area contributed by atoms with Crippen LogP contribution in [0.25, 0.3) is 11.0 Å². The van der Waals surface area contributed by atoms with Crippen LogP contribution in [0.4, 0.5) is 0 Å². The standard InChI is InChI=1S/C23H24N4O/c1-15-5-7-16(8-6-15)19-14-21(27(26-19)22(28)23(2,3)4)17-9-10-18-20(13-17)25-12-11-24-18/h5-13,21H,14H2,1-4H3/t21-/m1/s1. The number of fused-ring (bicyclic) bond motifs is 1. The Balaban J connectivity index is 1.75. The lowest BCUT2D eigenvalue weighted by atomic mass is 9.92. The molecule has 4 rings (SSSR count). The molecule has 1 aliphatic heterocycles. The monoisotopic (exact) mass is 372 g/mol. The van der Waals surface area contributed by atoms with Gasteiger partial charge in [0.15, 0.2) is 0 Å². The van der Waals surface area contributed by atoms with E-state index in [9.17, 15) is 4.79 Å². The lowest BCUT2D eigenvalue weighted by Gasteiger charge is -2.28. The van der Waals surface area contributed by atoms with Crippen molar-refractivity contribution in [2.75, 3.05) is 0 Å². The van der Waals surface area contributed by atoms with Gasteiger partial charge in [-0.05, 0) is 30.2 Å². The van der Waals surface area contributed by atoms with Crippen LogP contribution in [0.1, 0.15) is 49.9 Å². The maximum Gasteiger partial charge on any atom is 0.248 e. The Morgan fingerprint density at radius 2 is 1.68 bits per heavy atom. The summed E-state index contributed by atoms with van der Waals surface area (Å²) in [6, 6.07) is 14.2. The normalized spacial score (nSPS) is 17.1. The molecule has 0 saturated heterocycles. The molecule has 0 unspecified atom stereocenters. The van der Waals surface area contributed by atoms with Gasteiger partial charge in [0.05, 0.1) is 22.8 Å². The van der Waals surface area contributed by atoms with Gasteiger partial charge in [0.1, 0.15) is 0 Å². The van der Waals surface area contributed by atoms with Crippen LogP contribution >= 0.6 is 0 Å². The van der Waals surface area contributed by atoms with E-state index in [1.165, 1.54) is 5.56 Å². The fraction of sp³-hybridized carbons (Fsp3) is 0.304. The van der Waals surface area contributed by atoms with Crippen LogP contribution in [-0.4, -0.2) is 26.6 Å². The summed E-state index contributed by atoms with van der Waals surface area (Å²) in [6.07, 6.45) is 4.05. The number of aromatic nitrogens is 2. The molecule has 0 N–H and O–H groups in total. The highest BCUT2D eigenvalue weighted by Gasteiger charge is 2.38. The maximum atomic E-state index is 13.1. The van der Waals surface area contributed by atoms with Crippen molar-refractivity contribution in [2.45, 2.75) is 40.2 Å². The molecule has 2 heterocycles. The number of amides is 1. The van der Waals surface area contributed by atoms with Gasteiger partial charge in [0, 0.05) is 24.2 Å². The zero-order chi connectivity index (χ0) is 19.9. The average Bonchev–Trinajstić information content (AvgIpc) is 3.12. The summed E-state index contributed by atoms with van der Waals surface area (Å²) < 4.78 is 0. The van der Waals surface area contributed by atoms with Gasteiger partial charge in [-0.3, -0.25) is 14.8 Å². The largest absolute Gasteiger partial charge is 0.272 e. The lowest BCUT2D eigenvalue weighted by molar-refractivity contribution is -0.141. The molecule has 5 heteroatoms. The SMILES string of the molecule is Cc1ccc(C2=NN(C(=O)C(C)(C)C)[C@@H](c3ccc4nccnc4c3)C2)cc1. The molecule has 0 bridgehead atoms. The number of hydrazone groups is 1. The Kier molecular flexibility index (Phi) is 4.46. The van der Waals surface area contributed by atoms with E-state index in [2.05, 4.69) is 41.2 Å². The third kappa shape index (κ3) is 3.40. The van der Waals surface area contributed by atoms with Crippen LogP contribution in [0.2, 0.25) is 0 Å². The molecule has 0 spiro atoms. The number of carbonyl (C=O) groups excluding carboxylic acids is 1. The Morgan fingerprint density at radius 1 is 1.00 bits per heavy atom. The minimum Gasteiger partial charge on any atom is -0.272 e. The van der Waals surface area contributed by atoms with Gasteiger partial charge in [0.2, 0.25) is 5.91 Å². The number of hydrogen-bond donors (Lipinski definition) is 0. The van der Waals surface area contributed by atoms with Crippen molar-refractivity contribution in [3.63, 3.8) is 0 Å². The van der Waals surface area contributed by atoms with Crippen LogP contribution in [0.15, 0.2) is 60.0 Å². The summed E-state index contributed by atoms with van der Waals surface area (Å²) in [6.45, 7) is 7.85. The van der Waals surface area contributed by atoms with Crippen LogP contribution in [0, 0.1) is 12.3 Å². The molecule has 1 atom stereocenters. The first-order valence-corrected chi connectivity index (χ1v) is 9.52. The first-order chi connectivity index (χ1) is 13.3. The number of aryl methyl sites for hydroxylation is 1. The summed E-state index contributed by atoms with van der Waals surface area (Å²) in [5, 5.41) is 6.42. The predicted octanol–water partition coefficient (Wildman–Crippen LogP) is 4.66. The van der Waals surface area contributed by atoms with Gasteiger partial charge in [-0.1, -0.05) is 56.7 Å². The molecule has 5 nitrogen and oxygen atoms in total. The first-order valence-electron chi connectivity index (χ1n) is 9.52. The molecule has 2 aromatic carbocycles. The number of rotatable bonds is 2. The van der Waals surface area contributed by atoms with Crippen molar-refractivity contribution in [3.8, 4) is 0 Å².